The quantitative estimate of drug-likeness (QED) is 0.382. The molecule has 1 saturated heterocycles. The van der Waals surface area contributed by atoms with Crippen LogP contribution in [0.25, 0.3) is 22.6 Å². The second-order valence-corrected chi connectivity index (χ2v) is 6.67. The van der Waals surface area contributed by atoms with Gasteiger partial charge in [-0.25, -0.2) is 4.98 Å². The molecule has 0 spiro atoms. The largest absolute Gasteiger partial charge is 0.378 e. The molecule has 2 heterocycles. The van der Waals surface area contributed by atoms with Crippen molar-refractivity contribution in [3.8, 4) is 6.07 Å². The van der Waals surface area contributed by atoms with Crippen LogP contribution in [0.4, 0.5) is 11.5 Å². The Balaban J connectivity index is 1.81. The first kappa shape index (κ1) is 18.6. The number of morpholine rings is 1. The van der Waals surface area contributed by atoms with Gasteiger partial charge >= 0.3 is 0 Å². The molecule has 0 amide bonds. The monoisotopic (exact) mass is 386 g/mol. The van der Waals surface area contributed by atoms with Gasteiger partial charge in [-0.15, -0.1) is 0 Å². The third-order valence-electron chi connectivity index (χ3n) is 4.85. The smallest absolute Gasteiger partial charge is 0.269 e. The average Bonchev–Trinajstić information content (AvgIpc) is 2.77. The van der Waals surface area contributed by atoms with E-state index in [-0.39, 0.29) is 5.69 Å². The Morgan fingerprint density at radius 2 is 1.90 bits per heavy atom. The van der Waals surface area contributed by atoms with Crippen molar-refractivity contribution in [1.82, 2.24) is 4.98 Å². The Labute approximate surface area is 167 Å². The molecule has 1 fully saturated rings. The fourth-order valence-corrected chi connectivity index (χ4v) is 3.36. The molecular formula is C22H18N4O3. The zero-order valence-electron chi connectivity index (χ0n) is 15.6. The van der Waals surface area contributed by atoms with Crippen LogP contribution >= 0.6 is 0 Å². The Morgan fingerprint density at radius 3 is 2.59 bits per heavy atom. The van der Waals surface area contributed by atoms with Crippen LogP contribution in [0.3, 0.4) is 0 Å². The summed E-state index contributed by atoms with van der Waals surface area (Å²) in [5.74, 6) is 0.807. The Morgan fingerprint density at radius 1 is 1.17 bits per heavy atom. The first-order chi connectivity index (χ1) is 14.2. The van der Waals surface area contributed by atoms with Crippen molar-refractivity contribution in [3.05, 3.63) is 75.8 Å². The van der Waals surface area contributed by atoms with Gasteiger partial charge in [0.2, 0.25) is 0 Å². The average molecular weight is 386 g/mol. The molecule has 0 atom stereocenters. The standard InChI is InChI=1S/C22H18N4O3/c23-15-19(16-5-7-20(8-6-16)26(27)28)14-18-13-17-3-1-2-4-21(17)24-22(18)25-9-11-29-12-10-25/h1-8,13-14H,9-12H2/b19-14-. The van der Waals surface area contributed by atoms with E-state index in [1.807, 2.05) is 30.3 Å². The number of hydrogen-bond acceptors (Lipinski definition) is 6. The molecule has 3 aromatic rings. The van der Waals surface area contributed by atoms with Gasteiger partial charge in [-0.05, 0) is 35.9 Å². The highest BCUT2D eigenvalue weighted by Gasteiger charge is 2.17. The molecule has 1 aliphatic heterocycles. The van der Waals surface area contributed by atoms with E-state index in [4.69, 9.17) is 9.72 Å². The number of ether oxygens (including phenoxy) is 1. The van der Waals surface area contributed by atoms with E-state index in [1.54, 1.807) is 18.2 Å². The van der Waals surface area contributed by atoms with Crippen molar-refractivity contribution >= 4 is 34.1 Å². The molecule has 0 radical (unpaired) electrons. The minimum absolute atomic E-state index is 0.00702. The number of anilines is 1. The van der Waals surface area contributed by atoms with Crippen molar-refractivity contribution in [2.24, 2.45) is 0 Å². The lowest BCUT2D eigenvalue weighted by Gasteiger charge is -2.29. The minimum Gasteiger partial charge on any atom is -0.378 e. The van der Waals surface area contributed by atoms with Crippen molar-refractivity contribution in [2.45, 2.75) is 0 Å². The lowest BCUT2D eigenvalue weighted by Crippen LogP contribution is -2.37. The van der Waals surface area contributed by atoms with E-state index in [0.29, 0.717) is 24.4 Å². The normalized spacial score (nSPS) is 14.6. The summed E-state index contributed by atoms with van der Waals surface area (Å²) in [6.45, 7) is 2.72. The van der Waals surface area contributed by atoms with E-state index < -0.39 is 4.92 Å². The molecule has 4 rings (SSSR count). The second kappa shape index (κ2) is 8.09. The lowest BCUT2D eigenvalue weighted by molar-refractivity contribution is -0.384. The maximum absolute atomic E-state index is 10.9. The van der Waals surface area contributed by atoms with Crippen LogP contribution in [-0.2, 0) is 4.74 Å². The van der Waals surface area contributed by atoms with Crippen LogP contribution in [0, 0.1) is 21.4 Å². The van der Waals surface area contributed by atoms with Crippen molar-refractivity contribution in [2.75, 3.05) is 31.2 Å². The number of para-hydroxylation sites is 1. The van der Waals surface area contributed by atoms with Gasteiger partial charge in [0.1, 0.15) is 5.82 Å². The van der Waals surface area contributed by atoms with Gasteiger partial charge in [0.25, 0.3) is 5.69 Å². The van der Waals surface area contributed by atoms with E-state index in [1.165, 1.54) is 12.1 Å². The number of aromatic nitrogens is 1. The maximum atomic E-state index is 10.9. The number of nitrogens with zero attached hydrogens (tertiary/aromatic N) is 4. The molecule has 144 valence electrons. The van der Waals surface area contributed by atoms with Crippen molar-refractivity contribution in [3.63, 3.8) is 0 Å². The fourth-order valence-electron chi connectivity index (χ4n) is 3.36. The third kappa shape index (κ3) is 3.93. The number of rotatable bonds is 4. The molecule has 1 aliphatic rings. The third-order valence-corrected chi connectivity index (χ3v) is 4.85. The molecule has 0 bridgehead atoms. The molecule has 0 unspecified atom stereocenters. The predicted molar refractivity (Wildman–Crippen MR) is 111 cm³/mol. The summed E-state index contributed by atoms with van der Waals surface area (Å²) < 4.78 is 5.46. The molecule has 0 saturated carbocycles. The highest BCUT2D eigenvalue weighted by Crippen LogP contribution is 2.29. The predicted octanol–water partition coefficient (Wildman–Crippen LogP) is 4.04. The van der Waals surface area contributed by atoms with Crippen LogP contribution in [0.5, 0.6) is 0 Å². The summed E-state index contributed by atoms with van der Waals surface area (Å²) in [4.78, 5) is 17.4. The van der Waals surface area contributed by atoms with Crippen LogP contribution in [-0.4, -0.2) is 36.2 Å². The van der Waals surface area contributed by atoms with E-state index in [2.05, 4.69) is 11.0 Å². The molecular weight excluding hydrogens is 368 g/mol. The summed E-state index contributed by atoms with van der Waals surface area (Å²) in [6.07, 6.45) is 1.80. The topological polar surface area (TPSA) is 92.3 Å². The number of pyridine rings is 1. The lowest BCUT2D eigenvalue weighted by atomic mass is 10.0. The van der Waals surface area contributed by atoms with Crippen LogP contribution in [0.1, 0.15) is 11.1 Å². The van der Waals surface area contributed by atoms with Crippen LogP contribution in [0.15, 0.2) is 54.6 Å². The number of nitro groups is 1. The van der Waals surface area contributed by atoms with Gasteiger partial charge in [-0.1, -0.05) is 18.2 Å². The molecule has 29 heavy (non-hydrogen) atoms. The summed E-state index contributed by atoms with van der Waals surface area (Å²) in [5.41, 5.74) is 2.76. The Bertz CT molecular complexity index is 1130. The number of allylic oxidation sites excluding steroid dienone is 1. The molecule has 1 aromatic heterocycles. The van der Waals surface area contributed by atoms with Gasteiger partial charge in [-0.2, -0.15) is 5.26 Å². The van der Waals surface area contributed by atoms with E-state index in [9.17, 15) is 15.4 Å². The Hall–Kier alpha value is -3.76. The first-order valence-electron chi connectivity index (χ1n) is 9.25. The SMILES string of the molecule is N#C/C(=C/c1cc2ccccc2nc1N1CCOCC1)c1ccc([N+](=O)[O-])cc1. The number of fused-ring (bicyclic) bond motifs is 1. The van der Waals surface area contributed by atoms with Gasteiger partial charge in [0, 0.05) is 36.2 Å². The molecule has 2 aromatic carbocycles. The number of nitro benzene ring substituents is 1. The second-order valence-electron chi connectivity index (χ2n) is 6.67. The van der Waals surface area contributed by atoms with Crippen molar-refractivity contribution in [1.29, 1.82) is 5.26 Å². The van der Waals surface area contributed by atoms with Gasteiger partial charge in [-0.3, -0.25) is 10.1 Å². The molecule has 7 heteroatoms. The number of benzene rings is 2. The fraction of sp³-hybridized carbons (Fsp3) is 0.182. The summed E-state index contributed by atoms with van der Waals surface area (Å²) in [6, 6.07) is 18.1. The van der Waals surface area contributed by atoms with E-state index in [0.717, 1.165) is 35.4 Å². The van der Waals surface area contributed by atoms with Gasteiger partial charge < -0.3 is 9.64 Å². The summed E-state index contributed by atoms with van der Waals surface area (Å²) in [5, 5.41) is 21.6. The molecule has 7 nitrogen and oxygen atoms in total. The number of hydrogen-bond donors (Lipinski definition) is 0. The zero-order chi connectivity index (χ0) is 20.2. The number of non-ortho nitro benzene ring substituents is 1. The first-order valence-corrected chi connectivity index (χ1v) is 9.25. The summed E-state index contributed by atoms with van der Waals surface area (Å²) in [7, 11) is 0. The van der Waals surface area contributed by atoms with Crippen molar-refractivity contribution < 1.29 is 9.66 Å². The minimum atomic E-state index is -0.455. The summed E-state index contributed by atoms with van der Waals surface area (Å²) >= 11 is 0. The van der Waals surface area contributed by atoms with E-state index >= 15 is 0 Å². The highest BCUT2D eigenvalue weighted by atomic mass is 16.6. The Kier molecular flexibility index (Phi) is 5.18. The molecule has 0 N–H and O–H groups in total. The zero-order valence-corrected chi connectivity index (χ0v) is 15.6. The van der Waals surface area contributed by atoms with Gasteiger partial charge in [0.15, 0.2) is 0 Å². The van der Waals surface area contributed by atoms with Gasteiger partial charge in [0.05, 0.1) is 35.3 Å². The maximum Gasteiger partial charge on any atom is 0.269 e. The highest BCUT2D eigenvalue weighted by molar-refractivity contribution is 5.94. The molecule has 0 aliphatic carbocycles. The van der Waals surface area contributed by atoms with Crippen LogP contribution < -0.4 is 4.90 Å². The number of nitriles is 1. The van der Waals surface area contributed by atoms with Crippen LogP contribution in [0.2, 0.25) is 0 Å².